The summed E-state index contributed by atoms with van der Waals surface area (Å²) in [5.41, 5.74) is 0. The van der Waals surface area contributed by atoms with Crippen LogP contribution < -0.4 is 0 Å². The van der Waals surface area contributed by atoms with Gasteiger partial charge in [-0.05, 0) is 77.0 Å². The number of carboxylic acids is 1. The summed E-state index contributed by atoms with van der Waals surface area (Å²) in [6.45, 7) is 4.44. The molecule has 0 aromatic rings. The van der Waals surface area contributed by atoms with Crippen molar-refractivity contribution in [3.63, 3.8) is 0 Å². The van der Waals surface area contributed by atoms with Crippen LogP contribution in [-0.4, -0.2) is 23.1 Å². The van der Waals surface area contributed by atoms with Gasteiger partial charge in [-0.2, -0.15) is 0 Å². The van der Waals surface area contributed by atoms with Crippen LogP contribution >= 0.6 is 0 Å². The van der Waals surface area contributed by atoms with Gasteiger partial charge < -0.3 is 9.84 Å². The normalized spacial score (nSPS) is 12.8. The molecule has 0 amide bonds. The SMILES string of the molecule is CCCCC/C=C\C/C=C\C/C=C\C/C=C\CCCCCC(=O)OC(CCCC)CCCCCCCCCCCCC(=O)O. The van der Waals surface area contributed by atoms with E-state index in [-0.39, 0.29) is 12.1 Å². The molecule has 4 heteroatoms. The van der Waals surface area contributed by atoms with Gasteiger partial charge in [-0.15, -0.1) is 0 Å². The second-order valence-corrected chi connectivity index (χ2v) is 12.4. The van der Waals surface area contributed by atoms with Crippen LogP contribution in [0, 0.1) is 0 Å². The highest BCUT2D eigenvalue weighted by Gasteiger charge is 2.13. The molecule has 0 aromatic carbocycles. The molecule has 254 valence electrons. The molecular weight excluding hydrogens is 544 g/mol. The monoisotopic (exact) mass is 615 g/mol. The van der Waals surface area contributed by atoms with Crippen LogP contribution in [0.5, 0.6) is 0 Å². The number of carboxylic acid groups (broad SMARTS) is 1. The molecule has 0 aliphatic carbocycles. The first-order valence-electron chi connectivity index (χ1n) is 18.6. The summed E-state index contributed by atoms with van der Waals surface area (Å²) in [7, 11) is 0. The zero-order valence-corrected chi connectivity index (χ0v) is 29.0. The lowest BCUT2D eigenvalue weighted by Gasteiger charge is -2.18. The molecule has 0 heterocycles. The van der Waals surface area contributed by atoms with Crippen molar-refractivity contribution in [2.75, 3.05) is 0 Å². The molecular formula is C40H70O4. The van der Waals surface area contributed by atoms with Crippen molar-refractivity contribution in [2.24, 2.45) is 0 Å². The number of carbonyl (C=O) groups excluding carboxylic acids is 1. The fourth-order valence-electron chi connectivity index (χ4n) is 5.27. The maximum absolute atomic E-state index is 12.5. The smallest absolute Gasteiger partial charge is 0.306 e. The Hall–Kier alpha value is -2.10. The molecule has 0 radical (unpaired) electrons. The van der Waals surface area contributed by atoms with Crippen molar-refractivity contribution in [3.8, 4) is 0 Å². The summed E-state index contributed by atoms with van der Waals surface area (Å²) in [5.74, 6) is -0.687. The molecule has 0 saturated carbocycles. The summed E-state index contributed by atoms with van der Waals surface area (Å²) in [6.07, 6.45) is 47.4. The number of esters is 1. The zero-order chi connectivity index (χ0) is 32.2. The second-order valence-electron chi connectivity index (χ2n) is 12.4. The number of hydrogen-bond acceptors (Lipinski definition) is 3. The summed E-state index contributed by atoms with van der Waals surface area (Å²) in [5, 5.41) is 8.67. The van der Waals surface area contributed by atoms with Gasteiger partial charge in [-0.25, -0.2) is 0 Å². The molecule has 0 spiro atoms. The topological polar surface area (TPSA) is 63.6 Å². The molecule has 0 bridgehead atoms. The molecule has 1 unspecified atom stereocenters. The van der Waals surface area contributed by atoms with E-state index in [4.69, 9.17) is 9.84 Å². The third-order valence-electron chi connectivity index (χ3n) is 8.05. The fourth-order valence-corrected chi connectivity index (χ4v) is 5.27. The minimum atomic E-state index is -0.679. The fraction of sp³-hybridized carbons (Fsp3) is 0.750. The molecule has 1 atom stereocenters. The highest BCUT2D eigenvalue weighted by molar-refractivity contribution is 5.69. The number of ether oxygens (including phenoxy) is 1. The van der Waals surface area contributed by atoms with Crippen LogP contribution in [-0.2, 0) is 14.3 Å². The van der Waals surface area contributed by atoms with Gasteiger partial charge >= 0.3 is 11.9 Å². The van der Waals surface area contributed by atoms with Crippen LogP contribution in [0.3, 0.4) is 0 Å². The summed E-state index contributed by atoms with van der Waals surface area (Å²) >= 11 is 0. The lowest BCUT2D eigenvalue weighted by atomic mass is 10.0. The van der Waals surface area contributed by atoms with E-state index < -0.39 is 5.97 Å². The van der Waals surface area contributed by atoms with Gasteiger partial charge in [0.15, 0.2) is 0 Å². The highest BCUT2D eigenvalue weighted by Crippen LogP contribution is 2.17. The molecule has 1 N–H and O–H groups in total. The Morgan fingerprint density at radius 2 is 0.909 bits per heavy atom. The number of carbonyl (C=O) groups is 2. The average molecular weight is 615 g/mol. The molecule has 0 fully saturated rings. The number of unbranched alkanes of at least 4 members (excludes halogenated alkanes) is 16. The van der Waals surface area contributed by atoms with E-state index >= 15 is 0 Å². The zero-order valence-electron chi connectivity index (χ0n) is 29.0. The van der Waals surface area contributed by atoms with Gasteiger partial charge in [0, 0.05) is 12.8 Å². The molecule has 44 heavy (non-hydrogen) atoms. The van der Waals surface area contributed by atoms with E-state index in [1.165, 1.54) is 64.2 Å². The first kappa shape index (κ1) is 41.9. The second kappa shape index (κ2) is 35.4. The Labute approximate surface area is 272 Å². The standard InChI is InChI=1S/C40H70O4/c1-3-5-7-8-9-10-11-12-13-14-15-16-17-18-19-24-27-30-33-37-40(43)44-38(34-6-4-2)35-31-28-25-22-20-21-23-26-29-32-36-39(41)42/h9-10,12-13,15-16,18-19,38H,3-8,11,14,17,20-37H2,1-2H3,(H,41,42)/b10-9-,13-12-,16-15-,19-18-. The third-order valence-corrected chi connectivity index (χ3v) is 8.05. The van der Waals surface area contributed by atoms with E-state index in [1.807, 2.05) is 0 Å². The van der Waals surface area contributed by atoms with Crippen molar-refractivity contribution < 1.29 is 19.4 Å². The summed E-state index contributed by atoms with van der Waals surface area (Å²) < 4.78 is 5.89. The van der Waals surface area contributed by atoms with Crippen molar-refractivity contribution in [3.05, 3.63) is 48.6 Å². The molecule has 0 aliphatic rings. The van der Waals surface area contributed by atoms with Crippen molar-refractivity contribution in [2.45, 2.75) is 193 Å². The molecule has 0 aromatic heterocycles. The Morgan fingerprint density at radius 3 is 1.43 bits per heavy atom. The maximum atomic E-state index is 12.5. The van der Waals surface area contributed by atoms with Gasteiger partial charge in [-0.3, -0.25) is 9.59 Å². The van der Waals surface area contributed by atoms with E-state index in [0.717, 1.165) is 96.3 Å². The van der Waals surface area contributed by atoms with E-state index in [9.17, 15) is 9.59 Å². The van der Waals surface area contributed by atoms with Crippen LogP contribution in [0.25, 0.3) is 0 Å². The molecule has 0 saturated heterocycles. The minimum absolute atomic E-state index is 0.00724. The predicted molar refractivity (Wildman–Crippen MR) is 190 cm³/mol. The highest BCUT2D eigenvalue weighted by atomic mass is 16.5. The number of aliphatic carboxylic acids is 1. The lowest BCUT2D eigenvalue weighted by Crippen LogP contribution is -2.18. The number of allylic oxidation sites excluding steroid dienone is 8. The Morgan fingerprint density at radius 1 is 0.500 bits per heavy atom. The average Bonchev–Trinajstić information content (AvgIpc) is 3.01. The Bertz CT molecular complexity index is 748. The molecule has 0 aliphatic heterocycles. The predicted octanol–water partition coefficient (Wildman–Crippen LogP) is 12.8. The van der Waals surface area contributed by atoms with Crippen LogP contribution in [0.4, 0.5) is 0 Å². The van der Waals surface area contributed by atoms with Crippen molar-refractivity contribution in [1.82, 2.24) is 0 Å². The van der Waals surface area contributed by atoms with Gasteiger partial charge in [-0.1, -0.05) is 146 Å². The van der Waals surface area contributed by atoms with Crippen molar-refractivity contribution >= 4 is 11.9 Å². The van der Waals surface area contributed by atoms with Crippen LogP contribution in [0.15, 0.2) is 48.6 Å². The van der Waals surface area contributed by atoms with E-state index in [2.05, 4.69) is 62.5 Å². The largest absolute Gasteiger partial charge is 0.481 e. The lowest BCUT2D eigenvalue weighted by molar-refractivity contribution is -0.150. The number of rotatable bonds is 33. The number of hydrogen-bond donors (Lipinski definition) is 1. The Kier molecular flexibility index (Phi) is 33.7. The third kappa shape index (κ3) is 34.4. The van der Waals surface area contributed by atoms with Gasteiger partial charge in [0.05, 0.1) is 0 Å². The molecule has 0 rings (SSSR count). The van der Waals surface area contributed by atoms with E-state index in [1.54, 1.807) is 0 Å². The summed E-state index contributed by atoms with van der Waals surface area (Å²) in [6, 6.07) is 0. The first-order chi connectivity index (χ1) is 21.6. The van der Waals surface area contributed by atoms with Crippen LogP contribution in [0.1, 0.15) is 187 Å². The quantitative estimate of drug-likeness (QED) is 0.0454. The van der Waals surface area contributed by atoms with Gasteiger partial charge in [0.1, 0.15) is 6.10 Å². The van der Waals surface area contributed by atoms with Crippen LogP contribution in [0.2, 0.25) is 0 Å². The van der Waals surface area contributed by atoms with Crippen molar-refractivity contribution in [1.29, 1.82) is 0 Å². The van der Waals surface area contributed by atoms with E-state index in [0.29, 0.717) is 12.8 Å². The van der Waals surface area contributed by atoms with Gasteiger partial charge in [0.2, 0.25) is 0 Å². The summed E-state index contributed by atoms with van der Waals surface area (Å²) in [4.78, 5) is 23.0. The van der Waals surface area contributed by atoms with Gasteiger partial charge in [0.25, 0.3) is 0 Å². The Balaban J connectivity index is 3.76. The minimum Gasteiger partial charge on any atom is -0.481 e. The molecule has 4 nitrogen and oxygen atoms in total. The first-order valence-corrected chi connectivity index (χ1v) is 18.6. The maximum Gasteiger partial charge on any atom is 0.306 e.